The monoisotopic (exact) mass is 639 g/mol. The molecular weight excluding hydrogens is 611 g/mol. The second kappa shape index (κ2) is 11.4. The van der Waals surface area contributed by atoms with E-state index in [0.29, 0.717) is 17.6 Å². The average molecular weight is 640 g/mol. The summed E-state index contributed by atoms with van der Waals surface area (Å²) in [7, 11) is 0. The highest BCUT2D eigenvalue weighted by Crippen LogP contribution is 2.41. The minimum absolute atomic E-state index is 0.583. The Morgan fingerprint density at radius 3 is 1.56 bits per heavy atom. The summed E-state index contributed by atoms with van der Waals surface area (Å²) in [5.41, 5.74) is 9.77. The molecule has 10 aromatic rings. The summed E-state index contributed by atoms with van der Waals surface area (Å²) in [6.45, 7) is 0. The normalized spacial score (nSPS) is 11.6. The van der Waals surface area contributed by atoms with Gasteiger partial charge in [0.1, 0.15) is 0 Å². The molecule has 0 N–H and O–H groups in total. The number of hydrogen-bond donors (Lipinski definition) is 0. The van der Waals surface area contributed by atoms with Crippen molar-refractivity contribution < 1.29 is 0 Å². The quantitative estimate of drug-likeness (QED) is 0.188. The number of rotatable bonds is 5. The molecule has 50 heavy (non-hydrogen) atoms. The van der Waals surface area contributed by atoms with E-state index in [4.69, 9.17) is 15.0 Å². The van der Waals surface area contributed by atoms with E-state index in [0.717, 1.165) is 44.2 Å². The van der Waals surface area contributed by atoms with E-state index in [1.807, 2.05) is 60.7 Å². The first-order valence-corrected chi connectivity index (χ1v) is 16.8. The van der Waals surface area contributed by atoms with Crippen molar-refractivity contribution in [2.45, 2.75) is 0 Å². The van der Waals surface area contributed by atoms with E-state index in [-0.39, 0.29) is 0 Å². The summed E-state index contributed by atoms with van der Waals surface area (Å²) in [5, 5.41) is 4.74. The highest BCUT2D eigenvalue weighted by molar-refractivity contribution is 6.17. The van der Waals surface area contributed by atoms with Crippen molar-refractivity contribution in [2.75, 3.05) is 0 Å². The zero-order valence-electron chi connectivity index (χ0n) is 27.0. The molecule has 0 saturated heterocycles. The van der Waals surface area contributed by atoms with Crippen LogP contribution >= 0.6 is 0 Å². The third-order valence-corrected chi connectivity index (χ3v) is 9.58. The van der Waals surface area contributed by atoms with Gasteiger partial charge in [0, 0.05) is 38.4 Å². The summed E-state index contributed by atoms with van der Waals surface area (Å²) < 4.78 is 4.56. The molecule has 5 heteroatoms. The Morgan fingerprint density at radius 1 is 0.340 bits per heavy atom. The second-order valence-electron chi connectivity index (χ2n) is 12.5. The van der Waals surface area contributed by atoms with Crippen molar-refractivity contribution in [1.82, 2.24) is 24.1 Å². The fourth-order valence-corrected chi connectivity index (χ4v) is 7.37. The van der Waals surface area contributed by atoms with Crippen LogP contribution in [-0.2, 0) is 0 Å². The van der Waals surface area contributed by atoms with Gasteiger partial charge in [-0.1, -0.05) is 140 Å². The molecule has 10 rings (SSSR count). The topological polar surface area (TPSA) is 48.5 Å². The molecule has 0 aliphatic rings. The van der Waals surface area contributed by atoms with Crippen molar-refractivity contribution >= 4 is 43.6 Å². The maximum Gasteiger partial charge on any atom is 0.238 e. The molecule has 0 aliphatic carbocycles. The molecule has 0 bridgehead atoms. The number of aromatic nitrogens is 5. The summed E-state index contributed by atoms with van der Waals surface area (Å²) in [6, 6.07) is 61.5. The Hall–Kier alpha value is -6.85. The number of fused-ring (bicyclic) bond motifs is 6. The third-order valence-electron chi connectivity index (χ3n) is 9.58. The molecule has 3 aromatic heterocycles. The summed E-state index contributed by atoms with van der Waals surface area (Å²) in [6.07, 6.45) is 0. The SMILES string of the molecule is c1ccc(-c2nc(-c3ccccc3)nc(-n3c4ccccc4c4ccc(-c5cccc6c5c5ccccc5n6-c5ccccc5)cc43)n2)cc1. The largest absolute Gasteiger partial charge is 0.309 e. The average Bonchev–Trinajstić information content (AvgIpc) is 3.71. The van der Waals surface area contributed by atoms with E-state index >= 15 is 0 Å². The van der Waals surface area contributed by atoms with Crippen LogP contribution in [-0.4, -0.2) is 24.1 Å². The number of para-hydroxylation sites is 3. The lowest BCUT2D eigenvalue weighted by atomic mass is 9.98. The van der Waals surface area contributed by atoms with Gasteiger partial charge in [-0.3, -0.25) is 4.57 Å². The van der Waals surface area contributed by atoms with E-state index in [1.165, 1.54) is 27.4 Å². The van der Waals surface area contributed by atoms with Gasteiger partial charge in [0.15, 0.2) is 11.6 Å². The molecule has 234 valence electrons. The van der Waals surface area contributed by atoms with Gasteiger partial charge in [-0.05, 0) is 47.5 Å². The van der Waals surface area contributed by atoms with Crippen LogP contribution in [0.4, 0.5) is 0 Å². The van der Waals surface area contributed by atoms with Gasteiger partial charge < -0.3 is 4.57 Å². The Kier molecular flexibility index (Phi) is 6.42. The zero-order chi connectivity index (χ0) is 33.0. The molecule has 0 fully saturated rings. The number of hydrogen-bond acceptors (Lipinski definition) is 3. The molecule has 0 spiro atoms. The molecular formula is C45H29N5. The Balaban J connectivity index is 1.25. The standard InChI is InChI=1S/C45H29N5/c1-4-15-30(16-5-1)43-46-44(31-17-6-2-7-18-31)48-45(47-43)50-38-24-12-10-21-35(38)36-28-27-32(29-41(36)50)34-23-14-26-40-42(34)37-22-11-13-25-39(37)49(40)33-19-8-3-9-20-33/h1-29H. The van der Waals surface area contributed by atoms with Crippen molar-refractivity contribution in [1.29, 1.82) is 0 Å². The van der Waals surface area contributed by atoms with E-state index in [9.17, 15) is 0 Å². The minimum atomic E-state index is 0.583. The summed E-state index contributed by atoms with van der Waals surface area (Å²) >= 11 is 0. The van der Waals surface area contributed by atoms with Gasteiger partial charge in [0.2, 0.25) is 5.95 Å². The van der Waals surface area contributed by atoms with Gasteiger partial charge in [-0.2, -0.15) is 9.97 Å². The minimum Gasteiger partial charge on any atom is -0.309 e. The molecule has 0 atom stereocenters. The first-order chi connectivity index (χ1) is 24.8. The lowest BCUT2D eigenvalue weighted by Gasteiger charge is -2.12. The van der Waals surface area contributed by atoms with Gasteiger partial charge in [-0.15, -0.1) is 0 Å². The highest BCUT2D eigenvalue weighted by Gasteiger charge is 2.20. The van der Waals surface area contributed by atoms with Crippen LogP contribution in [0.2, 0.25) is 0 Å². The van der Waals surface area contributed by atoms with Crippen molar-refractivity contribution in [2.24, 2.45) is 0 Å². The van der Waals surface area contributed by atoms with Gasteiger partial charge in [0.05, 0.1) is 22.1 Å². The van der Waals surface area contributed by atoms with Crippen molar-refractivity contribution in [3.8, 4) is 45.5 Å². The summed E-state index contributed by atoms with van der Waals surface area (Å²) in [5.74, 6) is 1.85. The van der Waals surface area contributed by atoms with Crippen molar-refractivity contribution in [3.63, 3.8) is 0 Å². The van der Waals surface area contributed by atoms with Gasteiger partial charge in [-0.25, -0.2) is 4.98 Å². The van der Waals surface area contributed by atoms with Crippen LogP contribution in [0.15, 0.2) is 176 Å². The maximum atomic E-state index is 5.14. The lowest BCUT2D eigenvalue weighted by molar-refractivity contribution is 0.953. The molecule has 0 unspecified atom stereocenters. The highest BCUT2D eigenvalue weighted by atomic mass is 15.2. The fraction of sp³-hybridized carbons (Fsp3) is 0. The fourth-order valence-electron chi connectivity index (χ4n) is 7.37. The Labute approximate surface area is 288 Å². The predicted molar refractivity (Wildman–Crippen MR) is 205 cm³/mol. The van der Waals surface area contributed by atoms with Gasteiger partial charge in [0.25, 0.3) is 0 Å². The zero-order valence-corrected chi connectivity index (χ0v) is 27.0. The Bertz CT molecular complexity index is 2800. The van der Waals surface area contributed by atoms with Crippen LogP contribution in [0.25, 0.3) is 89.2 Å². The predicted octanol–water partition coefficient (Wildman–Crippen LogP) is 11.1. The van der Waals surface area contributed by atoms with Crippen LogP contribution in [0.3, 0.4) is 0 Å². The first kappa shape index (κ1) is 28.2. The molecule has 3 heterocycles. The number of benzene rings is 7. The first-order valence-electron chi connectivity index (χ1n) is 16.8. The second-order valence-corrected chi connectivity index (χ2v) is 12.5. The van der Waals surface area contributed by atoms with E-state index < -0.39 is 0 Å². The van der Waals surface area contributed by atoms with Crippen LogP contribution < -0.4 is 0 Å². The van der Waals surface area contributed by atoms with Gasteiger partial charge >= 0.3 is 0 Å². The molecule has 0 aliphatic heterocycles. The van der Waals surface area contributed by atoms with Crippen LogP contribution in [0.5, 0.6) is 0 Å². The summed E-state index contributed by atoms with van der Waals surface area (Å²) in [4.78, 5) is 15.2. The van der Waals surface area contributed by atoms with Crippen molar-refractivity contribution in [3.05, 3.63) is 176 Å². The van der Waals surface area contributed by atoms with Crippen LogP contribution in [0.1, 0.15) is 0 Å². The van der Waals surface area contributed by atoms with E-state index in [2.05, 4.69) is 124 Å². The molecule has 0 saturated carbocycles. The molecule has 7 aromatic carbocycles. The Morgan fingerprint density at radius 2 is 0.880 bits per heavy atom. The number of nitrogens with zero attached hydrogens (tertiary/aromatic N) is 5. The third kappa shape index (κ3) is 4.45. The van der Waals surface area contributed by atoms with Crippen LogP contribution in [0, 0.1) is 0 Å². The molecule has 0 amide bonds. The molecule has 0 radical (unpaired) electrons. The van der Waals surface area contributed by atoms with E-state index in [1.54, 1.807) is 0 Å². The maximum absolute atomic E-state index is 5.14. The molecule has 5 nitrogen and oxygen atoms in total. The smallest absolute Gasteiger partial charge is 0.238 e. The lowest BCUT2D eigenvalue weighted by Crippen LogP contribution is -2.06.